The first-order valence-electron chi connectivity index (χ1n) is 8.69. The second-order valence-corrected chi connectivity index (χ2v) is 7.20. The van der Waals surface area contributed by atoms with Crippen molar-refractivity contribution in [2.45, 2.75) is 44.9 Å². The van der Waals surface area contributed by atoms with Crippen molar-refractivity contribution in [1.82, 2.24) is 16.0 Å². The van der Waals surface area contributed by atoms with Crippen molar-refractivity contribution in [1.29, 1.82) is 0 Å². The van der Waals surface area contributed by atoms with Gasteiger partial charge in [0, 0.05) is 48.9 Å². The molecule has 0 fully saturated rings. The monoisotopic (exact) mass is 319 g/mol. The lowest BCUT2D eigenvalue weighted by Gasteiger charge is -2.12. The minimum atomic E-state index is -0.398. The highest BCUT2D eigenvalue weighted by atomic mass is 28.2. The minimum absolute atomic E-state index is 0.252. The molecule has 0 bridgehead atoms. The highest BCUT2D eigenvalue weighted by Crippen LogP contribution is 1.90. The molecule has 0 aliphatic carbocycles. The van der Waals surface area contributed by atoms with Crippen LogP contribution in [0.3, 0.4) is 0 Å². The zero-order valence-corrected chi connectivity index (χ0v) is 15.5. The fraction of sp³-hybridized carbons (Fsp3) is 1.00. The molecule has 0 saturated heterocycles. The van der Waals surface area contributed by atoms with E-state index in [9.17, 15) is 5.11 Å². The van der Waals surface area contributed by atoms with E-state index in [1.165, 1.54) is 12.5 Å². The van der Waals surface area contributed by atoms with Gasteiger partial charge in [-0.2, -0.15) is 0 Å². The SMILES string of the molecule is CCCCOCC(O)CNCCNCCNCCC[SiH2]C. The zero-order chi connectivity index (χ0) is 15.6. The number of unbranched alkanes of at least 4 members (excludes halogenated alkanes) is 1. The van der Waals surface area contributed by atoms with Crippen LogP contribution in [-0.4, -0.2) is 73.2 Å². The van der Waals surface area contributed by atoms with E-state index in [0.29, 0.717) is 13.2 Å². The van der Waals surface area contributed by atoms with Gasteiger partial charge < -0.3 is 25.8 Å². The fourth-order valence-corrected chi connectivity index (χ4v) is 2.65. The van der Waals surface area contributed by atoms with Crippen LogP contribution in [0, 0.1) is 0 Å². The van der Waals surface area contributed by atoms with Crippen LogP contribution in [-0.2, 0) is 4.74 Å². The summed E-state index contributed by atoms with van der Waals surface area (Å²) in [6.45, 7) is 11.3. The van der Waals surface area contributed by atoms with E-state index in [2.05, 4.69) is 29.4 Å². The third kappa shape index (κ3) is 18.0. The van der Waals surface area contributed by atoms with Gasteiger partial charge in [0.15, 0.2) is 0 Å². The molecule has 0 aromatic rings. The van der Waals surface area contributed by atoms with Crippen molar-refractivity contribution >= 4 is 9.52 Å². The van der Waals surface area contributed by atoms with Crippen LogP contribution in [0.5, 0.6) is 0 Å². The maximum Gasteiger partial charge on any atom is 0.0897 e. The Morgan fingerprint density at radius 2 is 1.67 bits per heavy atom. The van der Waals surface area contributed by atoms with Gasteiger partial charge in [0.05, 0.1) is 12.7 Å². The molecule has 0 saturated carbocycles. The van der Waals surface area contributed by atoms with Crippen molar-refractivity contribution in [3.63, 3.8) is 0 Å². The first-order chi connectivity index (χ1) is 10.3. The lowest BCUT2D eigenvalue weighted by Crippen LogP contribution is -2.36. The summed E-state index contributed by atoms with van der Waals surface area (Å²) in [6, 6.07) is 1.45. The Labute approximate surface area is 133 Å². The fourth-order valence-electron chi connectivity index (χ4n) is 1.90. The molecule has 0 radical (unpaired) electrons. The third-order valence-corrected chi connectivity index (χ3v) is 4.45. The molecule has 5 nitrogen and oxygen atoms in total. The van der Waals surface area contributed by atoms with E-state index < -0.39 is 6.10 Å². The van der Waals surface area contributed by atoms with Crippen molar-refractivity contribution in [2.75, 3.05) is 52.5 Å². The minimum Gasteiger partial charge on any atom is -0.389 e. The Bertz CT molecular complexity index is 200. The van der Waals surface area contributed by atoms with E-state index in [-0.39, 0.29) is 9.52 Å². The molecule has 0 aliphatic rings. The van der Waals surface area contributed by atoms with Gasteiger partial charge in [-0.15, -0.1) is 0 Å². The van der Waals surface area contributed by atoms with Crippen molar-refractivity contribution in [3.8, 4) is 0 Å². The summed E-state index contributed by atoms with van der Waals surface area (Å²) >= 11 is 0. The molecule has 4 N–H and O–H groups in total. The van der Waals surface area contributed by atoms with Gasteiger partial charge in [0.1, 0.15) is 0 Å². The van der Waals surface area contributed by atoms with Gasteiger partial charge in [-0.1, -0.05) is 25.9 Å². The third-order valence-electron chi connectivity index (χ3n) is 3.25. The summed E-state index contributed by atoms with van der Waals surface area (Å²) in [7, 11) is 0.252. The molecule has 1 atom stereocenters. The van der Waals surface area contributed by atoms with Gasteiger partial charge in [-0.25, -0.2) is 0 Å². The lowest BCUT2D eigenvalue weighted by atomic mass is 10.3. The molecule has 0 spiro atoms. The van der Waals surface area contributed by atoms with Gasteiger partial charge in [-0.05, 0) is 19.4 Å². The first kappa shape index (κ1) is 21.0. The normalized spacial score (nSPS) is 13.3. The summed E-state index contributed by atoms with van der Waals surface area (Å²) in [4.78, 5) is 0. The molecule has 0 heterocycles. The molecule has 0 rings (SSSR count). The van der Waals surface area contributed by atoms with Gasteiger partial charge >= 0.3 is 0 Å². The van der Waals surface area contributed by atoms with Crippen LogP contribution < -0.4 is 16.0 Å². The Morgan fingerprint density at radius 3 is 2.33 bits per heavy atom. The van der Waals surface area contributed by atoms with E-state index in [4.69, 9.17) is 4.74 Å². The molecule has 0 amide bonds. The Hall–Kier alpha value is 0.0169. The molecule has 0 aromatic carbocycles. The standard InChI is InChI=1S/C15H37N3O2Si/c1-3-4-11-20-14-15(19)13-18-10-9-17-8-7-16-6-5-12-21-2/h15-19H,3-14,21H2,1-2H3. The van der Waals surface area contributed by atoms with Crippen LogP contribution in [0.25, 0.3) is 0 Å². The number of hydrogen-bond donors (Lipinski definition) is 4. The van der Waals surface area contributed by atoms with E-state index in [0.717, 1.165) is 52.2 Å². The second kappa shape index (κ2) is 18.1. The Balaban J connectivity index is 3.07. The quantitative estimate of drug-likeness (QED) is 0.224. The summed E-state index contributed by atoms with van der Waals surface area (Å²) in [6.07, 6.45) is 3.14. The highest BCUT2D eigenvalue weighted by Gasteiger charge is 2.02. The molecular formula is C15H37N3O2Si. The molecule has 1 unspecified atom stereocenters. The maximum absolute atomic E-state index is 9.68. The smallest absolute Gasteiger partial charge is 0.0897 e. The first-order valence-corrected chi connectivity index (χ1v) is 11.1. The predicted molar refractivity (Wildman–Crippen MR) is 94.2 cm³/mol. The zero-order valence-electron chi connectivity index (χ0n) is 14.1. The van der Waals surface area contributed by atoms with Crippen LogP contribution >= 0.6 is 0 Å². The number of nitrogens with one attached hydrogen (secondary N) is 3. The highest BCUT2D eigenvalue weighted by molar-refractivity contribution is 6.33. The number of aliphatic hydroxyl groups is 1. The summed E-state index contributed by atoms with van der Waals surface area (Å²) < 4.78 is 5.37. The molecule has 6 heteroatoms. The number of aliphatic hydroxyl groups excluding tert-OH is 1. The summed E-state index contributed by atoms with van der Waals surface area (Å²) in [5.41, 5.74) is 0. The molecule has 0 aromatic heterocycles. The number of rotatable bonds is 17. The van der Waals surface area contributed by atoms with Crippen molar-refractivity contribution < 1.29 is 9.84 Å². The van der Waals surface area contributed by atoms with E-state index >= 15 is 0 Å². The molecule has 128 valence electrons. The molecule has 0 aliphatic heterocycles. The van der Waals surface area contributed by atoms with Gasteiger partial charge in [0.2, 0.25) is 0 Å². The number of hydrogen-bond acceptors (Lipinski definition) is 5. The van der Waals surface area contributed by atoms with Gasteiger partial charge in [0.25, 0.3) is 0 Å². The van der Waals surface area contributed by atoms with Crippen molar-refractivity contribution in [3.05, 3.63) is 0 Å². The lowest BCUT2D eigenvalue weighted by molar-refractivity contribution is 0.0361. The van der Waals surface area contributed by atoms with Crippen LogP contribution in [0.2, 0.25) is 12.6 Å². The molecule has 21 heavy (non-hydrogen) atoms. The number of ether oxygens (including phenoxy) is 1. The Kier molecular flexibility index (Phi) is 18.1. The van der Waals surface area contributed by atoms with Crippen molar-refractivity contribution in [2.24, 2.45) is 0 Å². The van der Waals surface area contributed by atoms with Gasteiger partial charge in [-0.3, -0.25) is 0 Å². The Morgan fingerprint density at radius 1 is 1.00 bits per heavy atom. The average molecular weight is 320 g/mol. The topological polar surface area (TPSA) is 65.5 Å². The average Bonchev–Trinajstić information content (AvgIpc) is 2.49. The molecular weight excluding hydrogens is 282 g/mol. The van der Waals surface area contributed by atoms with Crippen LogP contribution in [0.1, 0.15) is 26.2 Å². The van der Waals surface area contributed by atoms with E-state index in [1.807, 2.05) is 0 Å². The summed E-state index contributed by atoms with van der Waals surface area (Å²) in [5, 5.41) is 19.7. The predicted octanol–water partition coefficient (Wildman–Crippen LogP) is -0.0419. The summed E-state index contributed by atoms with van der Waals surface area (Å²) in [5.74, 6) is 0. The van der Waals surface area contributed by atoms with E-state index in [1.54, 1.807) is 0 Å². The van der Waals surface area contributed by atoms with Crippen LogP contribution in [0.4, 0.5) is 0 Å². The largest absolute Gasteiger partial charge is 0.389 e. The maximum atomic E-state index is 9.68. The van der Waals surface area contributed by atoms with Crippen LogP contribution in [0.15, 0.2) is 0 Å². The second-order valence-electron chi connectivity index (χ2n) is 5.49.